The summed E-state index contributed by atoms with van der Waals surface area (Å²) in [5.41, 5.74) is -0.776. The van der Waals surface area contributed by atoms with Crippen LogP contribution in [0.5, 0.6) is 0 Å². The molecule has 0 saturated carbocycles. The van der Waals surface area contributed by atoms with E-state index in [9.17, 15) is 13.2 Å². The highest BCUT2D eigenvalue weighted by atomic mass is 79.9. The van der Waals surface area contributed by atoms with Gasteiger partial charge < -0.3 is 0 Å². The summed E-state index contributed by atoms with van der Waals surface area (Å²) in [6.45, 7) is 0. The smallest absolute Gasteiger partial charge is 0.258 e. The highest BCUT2D eigenvalue weighted by Gasteiger charge is 2.32. The Morgan fingerprint density at radius 3 is 2.56 bits per heavy atom. The lowest BCUT2D eigenvalue weighted by Gasteiger charge is -2.10. The third kappa shape index (κ3) is 2.86. The Morgan fingerprint density at radius 2 is 2.19 bits per heavy atom. The lowest BCUT2D eigenvalue weighted by Crippen LogP contribution is -2.08. The number of pyridine rings is 1. The number of nitrogens with zero attached hydrogens (tertiary/aromatic N) is 2. The van der Waals surface area contributed by atoms with E-state index in [1.54, 1.807) is 0 Å². The molecule has 2 nitrogen and oxygen atoms in total. The van der Waals surface area contributed by atoms with Crippen LogP contribution in [0.2, 0.25) is 5.02 Å². The van der Waals surface area contributed by atoms with Crippen molar-refractivity contribution in [2.75, 3.05) is 5.33 Å². The molecular weight excluding hydrogens is 308 g/mol. The van der Waals surface area contributed by atoms with Crippen LogP contribution in [0.4, 0.5) is 13.2 Å². The Labute approximate surface area is 103 Å². The van der Waals surface area contributed by atoms with Crippen molar-refractivity contribution in [1.82, 2.24) is 4.98 Å². The average Bonchev–Trinajstić information content (AvgIpc) is 2.20. The molecule has 0 aliphatic carbocycles. The van der Waals surface area contributed by atoms with Crippen LogP contribution in [0, 0.1) is 11.3 Å². The van der Waals surface area contributed by atoms with Gasteiger partial charge in [-0.1, -0.05) is 27.5 Å². The van der Waals surface area contributed by atoms with Gasteiger partial charge in [-0.2, -0.15) is 18.4 Å². The summed E-state index contributed by atoms with van der Waals surface area (Å²) < 4.78 is 36.9. The number of hydrogen-bond donors (Lipinski definition) is 0. The van der Waals surface area contributed by atoms with Crippen LogP contribution in [0.15, 0.2) is 12.3 Å². The first kappa shape index (κ1) is 13.3. The summed E-state index contributed by atoms with van der Waals surface area (Å²) in [5, 5.41) is 8.85. The predicted molar refractivity (Wildman–Crippen MR) is 56.4 cm³/mol. The second-order valence-electron chi connectivity index (χ2n) is 2.92. The standard InChI is InChI=1S/C9H5BrClF3N2/c10-2-5(3-15)8-7(11)1-6(4-16-8)9(12,13)14/h1,4-5H,2H2. The van der Waals surface area contributed by atoms with Gasteiger partial charge in [0.15, 0.2) is 0 Å². The molecule has 1 rings (SSSR count). The molecule has 1 atom stereocenters. The predicted octanol–water partition coefficient (Wildman–Crippen LogP) is 3.76. The molecule has 0 bridgehead atoms. The van der Waals surface area contributed by atoms with Crippen molar-refractivity contribution in [2.45, 2.75) is 12.1 Å². The maximum atomic E-state index is 12.3. The normalized spacial score (nSPS) is 13.2. The second kappa shape index (κ2) is 5.02. The fourth-order valence-corrected chi connectivity index (χ4v) is 1.78. The highest BCUT2D eigenvalue weighted by Crippen LogP contribution is 2.32. The van der Waals surface area contributed by atoms with E-state index in [1.165, 1.54) is 0 Å². The molecule has 1 aromatic rings. The van der Waals surface area contributed by atoms with Gasteiger partial charge >= 0.3 is 6.18 Å². The van der Waals surface area contributed by atoms with E-state index in [2.05, 4.69) is 20.9 Å². The van der Waals surface area contributed by atoms with Gasteiger partial charge in [-0.05, 0) is 6.07 Å². The Kier molecular flexibility index (Phi) is 4.16. The van der Waals surface area contributed by atoms with E-state index in [0.717, 1.165) is 6.07 Å². The minimum atomic E-state index is -4.48. The van der Waals surface area contributed by atoms with Gasteiger partial charge in [0.25, 0.3) is 0 Å². The summed E-state index contributed by atoms with van der Waals surface area (Å²) in [4.78, 5) is 3.58. The molecule has 0 N–H and O–H groups in total. The van der Waals surface area contributed by atoms with Crippen molar-refractivity contribution in [3.05, 3.63) is 28.5 Å². The molecule has 7 heteroatoms. The second-order valence-corrected chi connectivity index (χ2v) is 3.98. The van der Waals surface area contributed by atoms with Crippen LogP contribution in [-0.4, -0.2) is 10.3 Å². The van der Waals surface area contributed by atoms with Crippen molar-refractivity contribution < 1.29 is 13.2 Å². The van der Waals surface area contributed by atoms with Crippen LogP contribution < -0.4 is 0 Å². The van der Waals surface area contributed by atoms with Crippen LogP contribution >= 0.6 is 27.5 Å². The number of nitriles is 1. The molecule has 0 fully saturated rings. The van der Waals surface area contributed by atoms with Gasteiger partial charge in [-0.25, -0.2) is 0 Å². The number of aromatic nitrogens is 1. The van der Waals surface area contributed by atoms with Crippen molar-refractivity contribution in [3.63, 3.8) is 0 Å². The van der Waals surface area contributed by atoms with Crippen LogP contribution in [0.1, 0.15) is 17.2 Å². The summed E-state index contributed by atoms with van der Waals surface area (Å²) in [5.74, 6) is -0.658. The molecule has 16 heavy (non-hydrogen) atoms. The van der Waals surface area contributed by atoms with Gasteiger partial charge in [0.2, 0.25) is 0 Å². The molecule has 1 unspecified atom stereocenters. The van der Waals surface area contributed by atoms with Gasteiger partial charge in [-0.15, -0.1) is 0 Å². The first-order chi connectivity index (χ1) is 7.40. The molecular formula is C9H5BrClF3N2. The first-order valence-electron chi connectivity index (χ1n) is 4.08. The molecule has 0 spiro atoms. The lowest BCUT2D eigenvalue weighted by atomic mass is 10.1. The van der Waals surface area contributed by atoms with Crippen molar-refractivity contribution in [3.8, 4) is 6.07 Å². The van der Waals surface area contributed by atoms with E-state index in [0.29, 0.717) is 6.20 Å². The minimum absolute atomic E-state index is 0.147. The van der Waals surface area contributed by atoms with E-state index in [-0.39, 0.29) is 16.0 Å². The largest absolute Gasteiger partial charge is 0.417 e. The number of halogens is 5. The minimum Gasteiger partial charge on any atom is -0.258 e. The Balaban J connectivity index is 3.15. The molecule has 0 aromatic carbocycles. The zero-order valence-electron chi connectivity index (χ0n) is 7.72. The zero-order chi connectivity index (χ0) is 12.3. The quantitative estimate of drug-likeness (QED) is 0.780. The van der Waals surface area contributed by atoms with Crippen molar-refractivity contribution >= 4 is 27.5 Å². The maximum Gasteiger partial charge on any atom is 0.417 e. The fourth-order valence-electron chi connectivity index (χ4n) is 1.03. The van der Waals surface area contributed by atoms with Gasteiger partial charge in [0.1, 0.15) is 0 Å². The summed E-state index contributed by atoms with van der Waals surface area (Å²) >= 11 is 8.71. The van der Waals surface area contributed by atoms with Crippen LogP contribution in [0.3, 0.4) is 0 Å². The highest BCUT2D eigenvalue weighted by molar-refractivity contribution is 9.09. The Bertz CT molecular complexity index is 428. The number of alkyl halides is 4. The molecule has 0 aliphatic rings. The summed E-state index contributed by atoms with van der Waals surface area (Å²) in [6, 6.07) is 2.67. The van der Waals surface area contributed by atoms with E-state index >= 15 is 0 Å². The van der Waals surface area contributed by atoms with Crippen LogP contribution in [-0.2, 0) is 6.18 Å². The van der Waals surface area contributed by atoms with Crippen LogP contribution in [0.25, 0.3) is 0 Å². The van der Waals surface area contributed by atoms with Crippen molar-refractivity contribution in [2.24, 2.45) is 0 Å². The van der Waals surface area contributed by atoms with E-state index in [1.807, 2.05) is 6.07 Å². The third-order valence-electron chi connectivity index (χ3n) is 1.84. The maximum absolute atomic E-state index is 12.3. The van der Waals surface area contributed by atoms with Crippen molar-refractivity contribution in [1.29, 1.82) is 5.26 Å². The monoisotopic (exact) mass is 312 g/mol. The topological polar surface area (TPSA) is 36.7 Å². The first-order valence-corrected chi connectivity index (χ1v) is 5.58. The Hall–Kier alpha value is -0.800. The number of rotatable bonds is 2. The molecule has 86 valence electrons. The van der Waals surface area contributed by atoms with Gasteiger partial charge in [-0.3, -0.25) is 4.98 Å². The summed E-state index contributed by atoms with van der Waals surface area (Å²) in [7, 11) is 0. The van der Waals surface area contributed by atoms with E-state index < -0.39 is 17.7 Å². The number of hydrogen-bond acceptors (Lipinski definition) is 2. The lowest BCUT2D eigenvalue weighted by molar-refractivity contribution is -0.137. The Morgan fingerprint density at radius 1 is 1.56 bits per heavy atom. The molecule has 0 aliphatic heterocycles. The van der Waals surface area contributed by atoms with Gasteiger partial charge in [0, 0.05) is 11.5 Å². The average molecular weight is 314 g/mol. The SMILES string of the molecule is N#CC(CBr)c1ncc(C(F)(F)F)cc1Cl. The molecule has 1 heterocycles. The van der Waals surface area contributed by atoms with Gasteiger partial charge in [0.05, 0.1) is 28.3 Å². The molecule has 1 aromatic heterocycles. The fraction of sp³-hybridized carbons (Fsp3) is 0.333. The molecule has 0 amide bonds. The third-order valence-corrected chi connectivity index (χ3v) is 2.79. The molecule has 0 radical (unpaired) electrons. The molecule has 0 saturated heterocycles. The van der Waals surface area contributed by atoms with E-state index in [4.69, 9.17) is 16.9 Å². The zero-order valence-corrected chi connectivity index (χ0v) is 10.1. The summed E-state index contributed by atoms with van der Waals surface area (Å²) in [6.07, 6.45) is -3.81.